The SMILES string of the molecule is Cc1ccc(-c2cc(C(=O)N[C@@H](C)CO)cc3c2ncn3CC(C)C)nc1. The molecular weight excluding hydrogens is 340 g/mol. The first kappa shape index (κ1) is 19.0. The number of pyridine rings is 1. The number of benzene rings is 1. The van der Waals surface area contributed by atoms with Gasteiger partial charge in [-0.05, 0) is 43.5 Å². The van der Waals surface area contributed by atoms with Crippen molar-refractivity contribution >= 4 is 16.9 Å². The number of imidazole rings is 1. The smallest absolute Gasteiger partial charge is 0.251 e. The summed E-state index contributed by atoms with van der Waals surface area (Å²) in [6, 6.07) is 7.33. The average molecular weight is 366 g/mol. The Morgan fingerprint density at radius 1 is 1.22 bits per heavy atom. The molecule has 27 heavy (non-hydrogen) atoms. The van der Waals surface area contributed by atoms with E-state index in [0.29, 0.717) is 11.5 Å². The Hall–Kier alpha value is -2.73. The number of fused-ring (bicyclic) bond motifs is 1. The van der Waals surface area contributed by atoms with Crippen molar-refractivity contribution in [2.75, 3.05) is 6.61 Å². The second kappa shape index (κ2) is 7.88. The molecule has 142 valence electrons. The van der Waals surface area contributed by atoms with Gasteiger partial charge in [-0.1, -0.05) is 19.9 Å². The van der Waals surface area contributed by atoms with Crippen LogP contribution in [0.5, 0.6) is 0 Å². The number of aryl methyl sites for hydroxylation is 1. The highest BCUT2D eigenvalue weighted by atomic mass is 16.3. The molecule has 0 aliphatic heterocycles. The van der Waals surface area contributed by atoms with Crippen LogP contribution >= 0.6 is 0 Å². The summed E-state index contributed by atoms with van der Waals surface area (Å²) in [6.07, 6.45) is 3.63. The van der Waals surface area contributed by atoms with Gasteiger partial charge in [-0.25, -0.2) is 4.98 Å². The van der Waals surface area contributed by atoms with E-state index in [0.717, 1.165) is 34.4 Å². The molecule has 6 heteroatoms. The van der Waals surface area contributed by atoms with Crippen molar-refractivity contribution in [2.24, 2.45) is 5.92 Å². The van der Waals surface area contributed by atoms with E-state index in [1.807, 2.05) is 43.7 Å². The third kappa shape index (κ3) is 4.17. The van der Waals surface area contributed by atoms with Crippen LogP contribution in [0.2, 0.25) is 0 Å². The molecule has 0 radical (unpaired) electrons. The third-order valence-electron chi connectivity index (χ3n) is 4.39. The molecule has 3 aromatic rings. The van der Waals surface area contributed by atoms with Crippen molar-refractivity contribution in [1.82, 2.24) is 19.9 Å². The number of amides is 1. The maximum atomic E-state index is 12.7. The minimum atomic E-state index is -0.310. The highest BCUT2D eigenvalue weighted by Gasteiger charge is 2.17. The fourth-order valence-corrected chi connectivity index (χ4v) is 3.01. The molecule has 0 unspecified atom stereocenters. The van der Waals surface area contributed by atoms with Crippen LogP contribution in [-0.4, -0.2) is 38.2 Å². The molecular formula is C21H26N4O2. The Balaban J connectivity index is 2.15. The molecule has 3 rings (SSSR count). The van der Waals surface area contributed by atoms with Crippen molar-refractivity contribution in [3.63, 3.8) is 0 Å². The van der Waals surface area contributed by atoms with E-state index in [4.69, 9.17) is 0 Å². The van der Waals surface area contributed by atoms with Crippen LogP contribution in [0.3, 0.4) is 0 Å². The summed E-state index contributed by atoms with van der Waals surface area (Å²) in [5.41, 5.74) is 4.96. The lowest BCUT2D eigenvalue weighted by Crippen LogP contribution is -2.35. The van der Waals surface area contributed by atoms with E-state index in [1.165, 1.54) is 0 Å². The molecule has 0 saturated heterocycles. The second-order valence-electron chi connectivity index (χ2n) is 7.46. The Morgan fingerprint density at radius 2 is 2.00 bits per heavy atom. The predicted molar refractivity (Wildman–Crippen MR) is 107 cm³/mol. The van der Waals surface area contributed by atoms with Crippen LogP contribution in [0.25, 0.3) is 22.3 Å². The molecule has 0 bridgehead atoms. The molecule has 1 amide bonds. The third-order valence-corrected chi connectivity index (χ3v) is 4.39. The minimum Gasteiger partial charge on any atom is -0.394 e. The Labute approximate surface area is 159 Å². The van der Waals surface area contributed by atoms with Gasteiger partial charge in [0.25, 0.3) is 5.91 Å². The largest absolute Gasteiger partial charge is 0.394 e. The Kier molecular flexibility index (Phi) is 5.56. The number of hydrogen-bond acceptors (Lipinski definition) is 4. The van der Waals surface area contributed by atoms with Gasteiger partial charge in [-0.3, -0.25) is 9.78 Å². The first-order chi connectivity index (χ1) is 12.9. The van der Waals surface area contributed by atoms with E-state index in [1.54, 1.807) is 6.92 Å². The van der Waals surface area contributed by atoms with Gasteiger partial charge >= 0.3 is 0 Å². The van der Waals surface area contributed by atoms with Gasteiger partial charge in [0.1, 0.15) is 0 Å². The average Bonchev–Trinajstić information content (AvgIpc) is 3.03. The van der Waals surface area contributed by atoms with Gasteiger partial charge in [-0.2, -0.15) is 0 Å². The number of hydrogen-bond donors (Lipinski definition) is 2. The number of carbonyl (C=O) groups is 1. The van der Waals surface area contributed by atoms with E-state index < -0.39 is 0 Å². The quantitative estimate of drug-likeness (QED) is 0.702. The first-order valence-corrected chi connectivity index (χ1v) is 9.22. The van der Waals surface area contributed by atoms with Crippen molar-refractivity contribution in [1.29, 1.82) is 0 Å². The molecule has 0 saturated carbocycles. The van der Waals surface area contributed by atoms with Gasteiger partial charge in [-0.15, -0.1) is 0 Å². The van der Waals surface area contributed by atoms with Crippen LogP contribution in [0.15, 0.2) is 36.8 Å². The van der Waals surface area contributed by atoms with Crippen molar-refractivity contribution in [3.05, 3.63) is 47.9 Å². The zero-order valence-electron chi connectivity index (χ0n) is 16.2. The first-order valence-electron chi connectivity index (χ1n) is 9.22. The number of rotatable bonds is 6. The second-order valence-corrected chi connectivity index (χ2v) is 7.46. The van der Waals surface area contributed by atoms with E-state index in [9.17, 15) is 9.90 Å². The summed E-state index contributed by atoms with van der Waals surface area (Å²) in [4.78, 5) is 21.8. The lowest BCUT2D eigenvalue weighted by atomic mass is 10.0. The number of carbonyl (C=O) groups excluding carboxylic acids is 1. The topological polar surface area (TPSA) is 80.0 Å². The number of aromatic nitrogens is 3. The number of aliphatic hydroxyl groups is 1. The van der Waals surface area contributed by atoms with E-state index in [2.05, 4.69) is 33.7 Å². The summed E-state index contributed by atoms with van der Waals surface area (Å²) in [5.74, 6) is 0.236. The fourth-order valence-electron chi connectivity index (χ4n) is 3.01. The van der Waals surface area contributed by atoms with Crippen molar-refractivity contribution in [2.45, 2.75) is 40.3 Å². The summed E-state index contributed by atoms with van der Waals surface area (Å²) in [5, 5.41) is 12.0. The molecule has 0 aliphatic rings. The van der Waals surface area contributed by atoms with Gasteiger partial charge in [0, 0.05) is 29.9 Å². The molecule has 2 N–H and O–H groups in total. The summed E-state index contributed by atoms with van der Waals surface area (Å²) in [7, 11) is 0. The highest BCUT2D eigenvalue weighted by molar-refractivity contribution is 6.02. The monoisotopic (exact) mass is 366 g/mol. The lowest BCUT2D eigenvalue weighted by Gasteiger charge is -2.13. The van der Waals surface area contributed by atoms with Crippen LogP contribution in [0.4, 0.5) is 0 Å². The van der Waals surface area contributed by atoms with E-state index in [-0.39, 0.29) is 18.6 Å². The maximum Gasteiger partial charge on any atom is 0.251 e. The Bertz CT molecular complexity index is 945. The Morgan fingerprint density at radius 3 is 2.63 bits per heavy atom. The lowest BCUT2D eigenvalue weighted by molar-refractivity contribution is 0.0922. The van der Waals surface area contributed by atoms with Crippen LogP contribution in [0.1, 0.15) is 36.7 Å². The fraction of sp³-hybridized carbons (Fsp3) is 0.381. The molecule has 1 aromatic carbocycles. The summed E-state index contributed by atoms with van der Waals surface area (Å²) < 4.78 is 2.07. The summed E-state index contributed by atoms with van der Waals surface area (Å²) in [6.45, 7) is 8.76. The molecule has 6 nitrogen and oxygen atoms in total. The van der Waals surface area contributed by atoms with Gasteiger partial charge in [0.2, 0.25) is 0 Å². The van der Waals surface area contributed by atoms with Crippen LogP contribution in [0, 0.1) is 12.8 Å². The van der Waals surface area contributed by atoms with Crippen molar-refractivity contribution < 1.29 is 9.90 Å². The van der Waals surface area contributed by atoms with Crippen molar-refractivity contribution in [3.8, 4) is 11.3 Å². The molecule has 2 heterocycles. The van der Waals surface area contributed by atoms with E-state index >= 15 is 0 Å². The summed E-state index contributed by atoms with van der Waals surface area (Å²) >= 11 is 0. The normalized spacial score (nSPS) is 12.5. The molecule has 0 fully saturated rings. The number of aliphatic hydroxyl groups excluding tert-OH is 1. The highest BCUT2D eigenvalue weighted by Crippen LogP contribution is 2.29. The number of nitrogens with one attached hydrogen (secondary N) is 1. The standard InChI is InChI=1S/C21H26N4O2/c1-13(2)10-25-12-23-20-17(18-6-5-14(3)9-22-18)7-16(8-19(20)25)21(27)24-15(4)11-26/h5-9,12-13,15,26H,10-11H2,1-4H3,(H,24,27)/t15-/m0/s1. The minimum absolute atomic E-state index is 0.106. The van der Waals surface area contributed by atoms with Gasteiger partial charge in [0.15, 0.2) is 0 Å². The molecule has 0 aliphatic carbocycles. The van der Waals surface area contributed by atoms with Gasteiger partial charge in [0.05, 0.1) is 29.7 Å². The molecule has 2 aromatic heterocycles. The molecule has 0 spiro atoms. The predicted octanol–water partition coefficient (Wildman–Crippen LogP) is 3.17. The number of nitrogens with zero attached hydrogens (tertiary/aromatic N) is 3. The van der Waals surface area contributed by atoms with Gasteiger partial charge < -0.3 is 15.0 Å². The van der Waals surface area contributed by atoms with Crippen LogP contribution in [-0.2, 0) is 6.54 Å². The molecule has 1 atom stereocenters. The van der Waals surface area contributed by atoms with Crippen LogP contribution < -0.4 is 5.32 Å². The zero-order chi connectivity index (χ0) is 19.6. The maximum absolute atomic E-state index is 12.7. The zero-order valence-corrected chi connectivity index (χ0v) is 16.2.